The maximum atomic E-state index is 12.1. The normalized spacial score (nSPS) is 10.0. The summed E-state index contributed by atoms with van der Waals surface area (Å²) in [7, 11) is 0. The smallest absolute Gasteiger partial charge is 0.280 e. The third-order valence-corrected chi connectivity index (χ3v) is 4.80. The van der Waals surface area contributed by atoms with E-state index in [2.05, 4.69) is 21.9 Å². The van der Waals surface area contributed by atoms with E-state index >= 15 is 0 Å². The fourth-order valence-corrected chi connectivity index (χ4v) is 3.35. The van der Waals surface area contributed by atoms with E-state index in [1.165, 1.54) is 28.9 Å². The molecule has 1 aromatic heterocycles. The molecule has 7 heteroatoms. The number of nitrogens with one attached hydrogen (secondary N) is 1. The Balaban J connectivity index is 2.41. The zero-order chi connectivity index (χ0) is 18.4. The highest BCUT2D eigenvalue weighted by Crippen LogP contribution is 2.32. The Hall–Kier alpha value is -2.30. The minimum atomic E-state index is -0.186. The number of benzene rings is 1. The van der Waals surface area contributed by atoms with Gasteiger partial charge in [-0.3, -0.25) is 9.52 Å². The zero-order valence-corrected chi connectivity index (χ0v) is 16.3. The molecule has 1 heterocycles. The molecule has 0 fully saturated rings. The quantitative estimate of drug-likeness (QED) is 0.600. The lowest BCUT2D eigenvalue weighted by atomic mass is 10.2. The first kappa shape index (κ1) is 19.0. The van der Waals surface area contributed by atoms with Gasteiger partial charge >= 0.3 is 0 Å². The molecular formula is C18H20N4OS2. The van der Waals surface area contributed by atoms with Crippen molar-refractivity contribution in [1.29, 1.82) is 5.26 Å². The molecule has 0 saturated heterocycles. The molecule has 1 aromatic carbocycles. The fourth-order valence-electron chi connectivity index (χ4n) is 2.13. The SMILES string of the molecule is CSNC(=O)c1nc(N(CC=C(C)C)c2ccc(C#N)cc2)sc1C. The number of anilines is 2. The molecule has 0 unspecified atom stereocenters. The summed E-state index contributed by atoms with van der Waals surface area (Å²) >= 11 is 2.74. The van der Waals surface area contributed by atoms with Crippen LogP contribution in [0.25, 0.3) is 0 Å². The standard InChI is InChI=1S/C18H20N4OS2/c1-12(2)9-10-22(15-7-5-14(11-19)6-8-15)18-20-16(13(3)25-18)17(23)21-24-4/h5-9H,10H2,1-4H3,(H,21,23). The predicted molar refractivity (Wildman–Crippen MR) is 105 cm³/mol. The molecule has 130 valence electrons. The number of rotatable bonds is 6. The van der Waals surface area contributed by atoms with Crippen molar-refractivity contribution in [3.63, 3.8) is 0 Å². The highest BCUT2D eigenvalue weighted by Gasteiger charge is 2.19. The lowest BCUT2D eigenvalue weighted by Gasteiger charge is -2.20. The number of aryl methyl sites for hydroxylation is 1. The third-order valence-electron chi connectivity index (χ3n) is 3.42. The van der Waals surface area contributed by atoms with Crippen LogP contribution >= 0.6 is 23.3 Å². The summed E-state index contributed by atoms with van der Waals surface area (Å²) in [6, 6.07) is 9.49. The van der Waals surface area contributed by atoms with Crippen molar-refractivity contribution in [3.05, 3.63) is 52.0 Å². The summed E-state index contributed by atoms with van der Waals surface area (Å²) in [5.41, 5.74) is 3.20. The number of nitriles is 1. The Kier molecular flexibility index (Phi) is 6.62. The van der Waals surface area contributed by atoms with Crippen molar-refractivity contribution >= 4 is 40.0 Å². The first-order valence-corrected chi connectivity index (χ1v) is 9.72. The van der Waals surface area contributed by atoms with Gasteiger partial charge in [-0.15, -0.1) is 11.3 Å². The van der Waals surface area contributed by atoms with Crippen molar-refractivity contribution < 1.29 is 4.79 Å². The van der Waals surface area contributed by atoms with E-state index in [0.717, 1.165) is 15.7 Å². The van der Waals surface area contributed by atoms with Crippen LogP contribution in [0.5, 0.6) is 0 Å². The molecule has 2 rings (SSSR count). The Bertz CT molecular complexity index is 815. The third kappa shape index (κ3) is 4.84. The first-order valence-electron chi connectivity index (χ1n) is 7.68. The van der Waals surface area contributed by atoms with Gasteiger partial charge in [0.15, 0.2) is 5.13 Å². The lowest BCUT2D eigenvalue weighted by molar-refractivity contribution is 0.0980. The van der Waals surface area contributed by atoms with E-state index < -0.39 is 0 Å². The van der Waals surface area contributed by atoms with Gasteiger partial charge in [0.2, 0.25) is 0 Å². The van der Waals surface area contributed by atoms with Gasteiger partial charge in [-0.05, 0) is 45.0 Å². The van der Waals surface area contributed by atoms with E-state index in [1.807, 2.05) is 37.8 Å². The van der Waals surface area contributed by atoms with Crippen LogP contribution in [0, 0.1) is 18.3 Å². The number of carbonyl (C=O) groups is 1. The van der Waals surface area contributed by atoms with Crippen molar-refractivity contribution in [2.45, 2.75) is 20.8 Å². The van der Waals surface area contributed by atoms with Gasteiger partial charge in [0, 0.05) is 23.4 Å². The molecule has 5 nitrogen and oxygen atoms in total. The fraction of sp³-hybridized carbons (Fsp3) is 0.278. The summed E-state index contributed by atoms with van der Waals surface area (Å²) in [5, 5.41) is 9.74. The molecule has 0 atom stereocenters. The van der Waals surface area contributed by atoms with Gasteiger partial charge in [0.25, 0.3) is 5.91 Å². The summed E-state index contributed by atoms with van der Waals surface area (Å²) in [4.78, 5) is 19.6. The summed E-state index contributed by atoms with van der Waals surface area (Å²) in [6.07, 6.45) is 3.91. The molecule has 0 radical (unpaired) electrons. The van der Waals surface area contributed by atoms with Gasteiger partial charge < -0.3 is 4.90 Å². The average Bonchev–Trinajstić information content (AvgIpc) is 2.97. The summed E-state index contributed by atoms with van der Waals surface area (Å²) in [6.45, 7) is 6.63. The Morgan fingerprint density at radius 3 is 2.64 bits per heavy atom. The van der Waals surface area contributed by atoms with Crippen LogP contribution in [0.15, 0.2) is 35.9 Å². The van der Waals surface area contributed by atoms with E-state index in [-0.39, 0.29) is 5.91 Å². The number of amides is 1. The Labute approximate surface area is 156 Å². The number of aromatic nitrogens is 1. The van der Waals surface area contributed by atoms with Crippen LogP contribution < -0.4 is 9.62 Å². The maximum Gasteiger partial charge on any atom is 0.280 e. The van der Waals surface area contributed by atoms with Crippen molar-refractivity contribution in [1.82, 2.24) is 9.71 Å². The number of hydrogen-bond acceptors (Lipinski definition) is 6. The molecule has 0 saturated carbocycles. The molecule has 1 N–H and O–H groups in total. The minimum absolute atomic E-state index is 0.186. The molecule has 0 aliphatic rings. The zero-order valence-electron chi connectivity index (χ0n) is 14.7. The van der Waals surface area contributed by atoms with Crippen LogP contribution in [-0.4, -0.2) is 23.7 Å². The molecule has 0 aliphatic heterocycles. The average molecular weight is 373 g/mol. The summed E-state index contributed by atoms with van der Waals surface area (Å²) in [5.74, 6) is -0.186. The number of hydrogen-bond donors (Lipinski definition) is 1. The van der Waals surface area contributed by atoms with Crippen molar-refractivity contribution in [2.24, 2.45) is 0 Å². The highest BCUT2D eigenvalue weighted by molar-refractivity contribution is 7.97. The van der Waals surface area contributed by atoms with Crippen molar-refractivity contribution in [3.8, 4) is 6.07 Å². The van der Waals surface area contributed by atoms with Gasteiger partial charge in [-0.1, -0.05) is 23.6 Å². The predicted octanol–water partition coefficient (Wildman–Crippen LogP) is 4.44. The Morgan fingerprint density at radius 2 is 2.08 bits per heavy atom. The summed E-state index contributed by atoms with van der Waals surface area (Å²) < 4.78 is 2.72. The van der Waals surface area contributed by atoms with Gasteiger partial charge in [-0.2, -0.15) is 5.26 Å². The van der Waals surface area contributed by atoms with E-state index in [9.17, 15) is 4.79 Å². The molecule has 0 spiro atoms. The molecule has 25 heavy (non-hydrogen) atoms. The molecule has 0 bridgehead atoms. The lowest BCUT2D eigenvalue weighted by Crippen LogP contribution is -2.19. The second kappa shape index (κ2) is 8.70. The molecule has 1 amide bonds. The van der Waals surface area contributed by atoms with Crippen LogP contribution in [0.1, 0.15) is 34.8 Å². The van der Waals surface area contributed by atoms with E-state index in [4.69, 9.17) is 5.26 Å². The Morgan fingerprint density at radius 1 is 1.40 bits per heavy atom. The second-order valence-electron chi connectivity index (χ2n) is 5.59. The first-order chi connectivity index (χ1) is 12.0. The van der Waals surface area contributed by atoms with Crippen LogP contribution in [0.4, 0.5) is 10.8 Å². The van der Waals surface area contributed by atoms with Crippen molar-refractivity contribution in [2.75, 3.05) is 17.7 Å². The molecule has 2 aromatic rings. The maximum absolute atomic E-state index is 12.1. The number of nitrogens with zero attached hydrogens (tertiary/aromatic N) is 3. The topological polar surface area (TPSA) is 69.0 Å². The minimum Gasteiger partial charge on any atom is -0.314 e. The largest absolute Gasteiger partial charge is 0.314 e. The van der Waals surface area contributed by atoms with Gasteiger partial charge in [0.1, 0.15) is 5.69 Å². The second-order valence-corrected chi connectivity index (χ2v) is 7.38. The number of thiazole rings is 1. The number of carbonyl (C=O) groups excluding carboxylic acids is 1. The number of allylic oxidation sites excluding steroid dienone is 1. The van der Waals surface area contributed by atoms with Crippen LogP contribution in [0.3, 0.4) is 0 Å². The van der Waals surface area contributed by atoms with Crippen LogP contribution in [-0.2, 0) is 0 Å². The van der Waals surface area contributed by atoms with Crippen LogP contribution in [0.2, 0.25) is 0 Å². The monoisotopic (exact) mass is 372 g/mol. The molecule has 0 aliphatic carbocycles. The van der Waals surface area contributed by atoms with E-state index in [0.29, 0.717) is 17.8 Å². The molecular weight excluding hydrogens is 352 g/mol. The van der Waals surface area contributed by atoms with Gasteiger partial charge in [-0.25, -0.2) is 4.98 Å². The highest BCUT2D eigenvalue weighted by atomic mass is 32.2. The van der Waals surface area contributed by atoms with Gasteiger partial charge in [0.05, 0.1) is 11.6 Å². The van der Waals surface area contributed by atoms with E-state index in [1.54, 1.807) is 18.4 Å².